The molecule has 1 aromatic heterocycles. The van der Waals surface area contributed by atoms with Crippen molar-refractivity contribution in [2.45, 2.75) is 0 Å². The standard InChI is InChI=1S/C5H4Cl2N4O/c6-2-1(4(8)12)3(7)11-5(9)10-2/h(H2,8,12)(H2,9,10,11). The number of aromatic nitrogens is 2. The molecule has 1 aromatic rings. The lowest BCUT2D eigenvalue weighted by molar-refractivity contribution is 0.1000. The molecule has 0 unspecified atom stereocenters. The molecule has 64 valence electrons. The van der Waals surface area contributed by atoms with Crippen molar-refractivity contribution in [3.8, 4) is 0 Å². The van der Waals surface area contributed by atoms with Gasteiger partial charge in [-0.1, -0.05) is 23.2 Å². The summed E-state index contributed by atoms with van der Waals surface area (Å²) in [5.74, 6) is -0.889. The van der Waals surface area contributed by atoms with Crippen LogP contribution in [0.4, 0.5) is 5.95 Å². The molecule has 1 heterocycles. The maximum absolute atomic E-state index is 10.7. The Kier molecular flexibility index (Phi) is 2.35. The largest absolute Gasteiger partial charge is 0.368 e. The Labute approximate surface area is 77.7 Å². The van der Waals surface area contributed by atoms with Crippen molar-refractivity contribution >= 4 is 35.1 Å². The van der Waals surface area contributed by atoms with Crippen LogP contribution in [0.25, 0.3) is 0 Å². The van der Waals surface area contributed by atoms with Crippen LogP contribution in [0.15, 0.2) is 0 Å². The third kappa shape index (κ3) is 1.57. The molecule has 7 heteroatoms. The lowest BCUT2D eigenvalue weighted by Crippen LogP contribution is -2.14. The van der Waals surface area contributed by atoms with Crippen molar-refractivity contribution in [3.63, 3.8) is 0 Å². The molecule has 0 fully saturated rings. The van der Waals surface area contributed by atoms with E-state index in [2.05, 4.69) is 9.97 Å². The number of anilines is 1. The van der Waals surface area contributed by atoms with E-state index in [1.807, 2.05) is 0 Å². The molecule has 0 spiro atoms. The number of primary amides is 1. The van der Waals surface area contributed by atoms with Gasteiger partial charge >= 0.3 is 0 Å². The molecule has 0 saturated carbocycles. The molecular formula is C5H4Cl2N4O. The van der Waals surface area contributed by atoms with Gasteiger partial charge in [0.15, 0.2) is 0 Å². The van der Waals surface area contributed by atoms with Crippen molar-refractivity contribution in [3.05, 3.63) is 15.9 Å². The maximum atomic E-state index is 10.7. The lowest BCUT2D eigenvalue weighted by atomic mass is 10.3. The molecule has 0 aliphatic heterocycles. The minimum Gasteiger partial charge on any atom is -0.368 e. The Hall–Kier alpha value is -1.07. The number of carbonyl (C=O) groups is 1. The molecule has 12 heavy (non-hydrogen) atoms. The Bertz CT molecular complexity index is 317. The van der Waals surface area contributed by atoms with Gasteiger partial charge in [-0.3, -0.25) is 4.79 Å². The normalized spacial score (nSPS) is 9.83. The summed E-state index contributed by atoms with van der Waals surface area (Å²) < 4.78 is 0. The highest BCUT2D eigenvalue weighted by Gasteiger charge is 2.14. The van der Waals surface area contributed by atoms with E-state index in [0.29, 0.717) is 0 Å². The fraction of sp³-hybridized carbons (Fsp3) is 0. The number of nitrogens with two attached hydrogens (primary N) is 2. The highest BCUT2D eigenvalue weighted by molar-refractivity contribution is 6.38. The molecule has 0 atom stereocenters. The van der Waals surface area contributed by atoms with E-state index in [9.17, 15) is 4.79 Å². The number of amides is 1. The second-order valence-electron chi connectivity index (χ2n) is 1.90. The van der Waals surface area contributed by atoms with Crippen LogP contribution in [0, 0.1) is 0 Å². The Balaban J connectivity index is 3.38. The minimum absolute atomic E-state index is 0.102. The Morgan fingerprint density at radius 2 is 1.67 bits per heavy atom. The molecule has 0 aliphatic rings. The van der Waals surface area contributed by atoms with Gasteiger partial charge in [-0.15, -0.1) is 0 Å². The lowest BCUT2D eigenvalue weighted by Gasteiger charge is -2.00. The smallest absolute Gasteiger partial charge is 0.254 e. The number of hydrogen-bond acceptors (Lipinski definition) is 4. The number of nitrogen functional groups attached to an aromatic ring is 1. The minimum atomic E-state index is -0.787. The van der Waals surface area contributed by atoms with E-state index in [4.69, 9.17) is 34.7 Å². The highest BCUT2D eigenvalue weighted by atomic mass is 35.5. The van der Waals surface area contributed by atoms with Crippen molar-refractivity contribution in [1.29, 1.82) is 0 Å². The zero-order valence-electron chi connectivity index (χ0n) is 5.71. The third-order valence-electron chi connectivity index (χ3n) is 1.08. The molecule has 0 aromatic carbocycles. The first kappa shape index (κ1) is 9.02. The summed E-state index contributed by atoms with van der Waals surface area (Å²) in [6, 6.07) is 0. The quantitative estimate of drug-likeness (QED) is 0.654. The van der Waals surface area contributed by atoms with Crippen LogP contribution in [-0.2, 0) is 0 Å². The van der Waals surface area contributed by atoms with Crippen LogP contribution in [-0.4, -0.2) is 15.9 Å². The van der Waals surface area contributed by atoms with Crippen molar-refractivity contribution in [1.82, 2.24) is 9.97 Å². The summed E-state index contributed by atoms with van der Waals surface area (Å²) in [5, 5.41) is -0.278. The number of rotatable bonds is 1. The van der Waals surface area contributed by atoms with E-state index in [0.717, 1.165) is 0 Å². The summed E-state index contributed by atoms with van der Waals surface area (Å²) in [7, 11) is 0. The molecule has 0 aliphatic carbocycles. The highest BCUT2D eigenvalue weighted by Crippen LogP contribution is 2.20. The Morgan fingerprint density at radius 3 is 2.00 bits per heavy atom. The second-order valence-corrected chi connectivity index (χ2v) is 2.62. The van der Waals surface area contributed by atoms with Crippen LogP contribution in [0.3, 0.4) is 0 Å². The van der Waals surface area contributed by atoms with Gasteiger partial charge in [-0.2, -0.15) is 0 Å². The maximum Gasteiger partial charge on any atom is 0.254 e. The van der Waals surface area contributed by atoms with Crippen molar-refractivity contribution < 1.29 is 4.79 Å². The molecule has 1 amide bonds. The first-order valence-corrected chi connectivity index (χ1v) is 3.56. The van der Waals surface area contributed by atoms with Gasteiger partial charge in [0.1, 0.15) is 15.9 Å². The SMILES string of the molecule is NC(=O)c1c(Cl)nc(N)nc1Cl. The van der Waals surface area contributed by atoms with Gasteiger partial charge in [0.05, 0.1) is 0 Å². The fourth-order valence-corrected chi connectivity index (χ4v) is 1.21. The monoisotopic (exact) mass is 206 g/mol. The molecule has 5 nitrogen and oxygen atoms in total. The summed E-state index contributed by atoms with van der Waals surface area (Å²) in [5.41, 5.74) is 10.0. The topological polar surface area (TPSA) is 94.9 Å². The van der Waals surface area contributed by atoms with E-state index in [1.54, 1.807) is 0 Å². The molecule has 0 saturated heterocycles. The van der Waals surface area contributed by atoms with E-state index in [1.165, 1.54) is 0 Å². The van der Waals surface area contributed by atoms with Gasteiger partial charge in [-0.25, -0.2) is 9.97 Å². The van der Waals surface area contributed by atoms with Gasteiger partial charge < -0.3 is 11.5 Å². The first-order valence-electron chi connectivity index (χ1n) is 2.80. The van der Waals surface area contributed by atoms with Gasteiger partial charge in [0.25, 0.3) is 5.91 Å². The molecule has 1 rings (SSSR count). The van der Waals surface area contributed by atoms with E-state index in [-0.39, 0.29) is 21.8 Å². The molecule has 4 N–H and O–H groups in total. The van der Waals surface area contributed by atoms with Crippen molar-refractivity contribution in [2.24, 2.45) is 5.73 Å². The predicted molar refractivity (Wildman–Crippen MR) is 45.0 cm³/mol. The summed E-state index contributed by atoms with van der Waals surface area (Å²) in [6.45, 7) is 0. The van der Waals surface area contributed by atoms with Gasteiger partial charge in [-0.05, 0) is 0 Å². The zero-order chi connectivity index (χ0) is 9.30. The van der Waals surface area contributed by atoms with Crippen molar-refractivity contribution in [2.75, 3.05) is 5.73 Å². The number of halogens is 2. The van der Waals surface area contributed by atoms with Crippen LogP contribution < -0.4 is 11.5 Å². The number of carbonyl (C=O) groups excluding carboxylic acids is 1. The van der Waals surface area contributed by atoms with E-state index < -0.39 is 5.91 Å². The predicted octanol–water partition coefficient (Wildman–Crippen LogP) is 0.465. The second kappa shape index (κ2) is 3.12. The summed E-state index contributed by atoms with van der Waals surface area (Å²) in [6.07, 6.45) is 0. The summed E-state index contributed by atoms with van der Waals surface area (Å²) in [4.78, 5) is 17.7. The third-order valence-corrected chi connectivity index (χ3v) is 1.63. The van der Waals surface area contributed by atoms with E-state index >= 15 is 0 Å². The average molecular weight is 207 g/mol. The van der Waals surface area contributed by atoms with Crippen LogP contribution >= 0.6 is 23.2 Å². The number of nitrogens with zero attached hydrogens (tertiary/aromatic N) is 2. The Morgan fingerprint density at radius 1 is 1.25 bits per heavy atom. The molecular weight excluding hydrogens is 203 g/mol. The first-order chi connectivity index (χ1) is 5.52. The van der Waals surface area contributed by atoms with Crippen LogP contribution in [0.2, 0.25) is 10.3 Å². The molecule has 0 bridgehead atoms. The molecule has 0 radical (unpaired) electrons. The fourth-order valence-electron chi connectivity index (χ4n) is 0.626. The average Bonchev–Trinajstić information content (AvgIpc) is 1.82. The van der Waals surface area contributed by atoms with Gasteiger partial charge in [0.2, 0.25) is 5.95 Å². The van der Waals surface area contributed by atoms with Crippen LogP contribution in [0.1, 0.15) is 10.4 Å². The summed E-state index contributed by atoms with van der Waals surface area (Å²) >= 11 is 11.0. The number of hydrogen-bond donors (Lipinski definition) is 2. The van der Waals surface area contributed by atoms with Gasteiger partial charge in [0, 0.05) is 0 Å². The zero-order valence-corrected chi connectivity index (χ0v) is 7.23. The van der Waals surface area contributed by atoms with Crippen LogP contribution in [0.5, 0.6) is 0 Å².